The van der Waals surface area contributed by atoms with Crippen LogP contribution >= 0.6 is 0 Å². The third-order valence-corrected chi connectivity index (χ3v) is 4.22. The van der Waals surface area contributed by atoms with Crippen molar-refractivity contribution in [2.75, 3.05) is 23.7 Å². The molecule has 1 aliphatic rings. The summed E-state index contributed by atoms with van der Waals surface area (Å²) in [5, 5.41) is 15.9. The van der Waals surface area contributed by atoms with Crippen molar-refractivity contribution in [1.82, 2.24) is 20.2 Å². The minimum atomic E-state index is 0.303. The van der Waals surface area contributed by atoms with Crippen molar-refractivity contribution in [3.63, 3.8) is 0 Å². The highest BCUT2D eigenvalue weighted by molar-refractivity contribution is 5.50. The van der Waals surface area contributed by atoms with Crippen LogP contribution in [-0.4, -0.2) is 33.3 Å². The molecule has 3 rings (SSSR count). The lowest BCUT2D eigenvalue weighted by Crippen LogP contribution is -2.34. The smallest absolute Gasteiger partial charge is 0.239 e. The van der Waals surface area contributed by atoms with Crippen LogP contribution in [0, 0.1) is 25.2 Å². The van der Waals surface area contributed by atoms with Gasteiger partial charge in [0.15, 0.2) is 0 Å². The summed E-state index contributed by atoms with van der Waals surface area (Å²) in [7, 11) is 0. The number of hydrogen-bond acceptors (Lipinski definition) is 6. The van der Waals surface area contributed by atoms with Crippen LogP contribution < -0.4 is 10.6 Å². The summed E-state index contributed by atoms with van der Waals surface area (Å²) in [6.45, 7) is 5.66. The zero-order chi connectivity index (χ0) is 15.7. The SMILES string of the molecule is Cc1cc(N2CCC(c3nc(N)n[nH]3)CC2)nc(C)c1C#N. The fourth-order valence-corrected chi connectivity index (χ4v) is 2.99. The number of H-pyrrole nitrogens is 1. The zero-order valence-corrected chi connectivity index (χ0v) is 12.8. The first-order valence-electron chi connectivity index (χ1n) is 7.39. The number of aromatic nitrogens is 4. The van der Waals surface area contributed by atoms with Gasteiger partial charge in [0.2, 0.25) is 5.95 Å². The molecular formula is C15H19N7. The number of anilines is 2. The summed E-state index contributed by atoms with van der Waals surface area (Å²) in [6, 6.07) is 4.21. The van der Waals surface area contributed by atoms with E-state index in [4.69, 9.17) is 11.0 Å². The average Bonchev–Trinajstić information content (AvgIpc) is 2.94. The Labute approximate surface area is 129 Å². The second-order valence-electron chi connectivity index (χ2n) is 5.71. The lowest BCUT2D eigenvalue weighted by molar-refractivity contribution is 0.484. The van der Waals surface area contributed by atoms with Gasteiger partial charge in [-0.3, -0.25) is 5.10 Å². The number of nitrogens with zero attached hydrogens (tertiary/aromatic N) is 5. The highest BCUT2D eigenvalue weighted by atomic mass is 15.3. The van der Waals surface area contributed by atoms with E-state index in [0.29, 0.717) is 17.4 Å². The average molecular weight is 297 g/mol. The molecule has 2 aromatic heterocycles. The standard InChI is InChI=1S/C15H19N7/c1-9-7-13(18-10(2)12(9)8-16)22-5-3-11(4-6-22)14-19-15(17)21-20-14/h7,11H,3-6H2,1-2H3,(H3,17,19,20,21). The van der Waals surface area contributed by atoms with E-state index in [1.807, 2.05) is 19.9 Å². The van der Waals surface area contributed by atoms with Gasteiger partial charge in [-0.25, -0.2) is 4.98 Å². The Kier molecular flexibility index (Phi) is 3.67. The van der Waals surface area contributed by atoms with Gasteiger partial charge in [-0.15, -0.1) is 5.10 Å². The number of aryl methyl sites for hydroxylation is 2. The van der Waals surface area contributed by atoms with Crippen LogP contribution in [-0.2, 0) is 0 Å². The Hall–Kier alpha value is -2.62. The molecule has 0 spiro atoms. The maximum Gasteiger partial charge on any atom is 0.239 e. The predicted molar refractivity (Wildman–Crippen MR) is 83.4 cm³/mol. The van der Waals surface area contributed by atoms with Crippen molar-refractivity contribution in [2.24, 2.45) is 0 Å². The van der Waals surface area contributed by atoms with Gasteiger partial charge in [0.25, 0.3) is 0 Å². The van der Waals surface area contributed by atoms with Gasteiger partial charge in [0.05, 0.1) is 11.3 Å². The minimum Gasteiger partial charge on any atom is -0.367 e. The predicted octanol–water partition coefficient (Wildman–Crippen LogP) is 1.65. The summed E-state index contributed by atoms with van der Waals surface area (Å²) in [5.74, 6) is 2.49. The van der Waals surface area contributed by atoms with Crippen LogP contribution in [0.4, 0.5) is 11.8 Å². The number of hydrogen-bond donors (Lipinski definition) is 2. The van der Waals surface area contributed by atoms with Gasteiger partial charge in [0, 0.05) is 19.0 Å². The first kappa shape index (κ1) is 14.3. The van der Waals surface area contributed by atoms with Crippen LogP contribution in [0.3, 0.4) is 0 Å². The molecule has 0 atom stereocenters. The Bertz CT molecular complexity index is 697. The summed E-state index contributed by atoms with van der Waals surface area (Å²) in [6.07, 6.45) is 1.96. The quantitative estimate of drug-likeness (QED) is 0.872. The first-order valence-corrected chi connectivity index (χ1v) is 7.39. The Balaban J connectivity index is 1.73. The largest absolute Gasteiger partial charge is 0.367 e. The van der Waals surface area contributed by atoms with E-state index in [0.717, 1.165) is 48.8 Å². The Morgan fingerprint density at radius 1 is 1.32 bits per heavy atom. The van der Waals surface area contributed by atoms with Crippen LogP contribution in [0.25, 0.3) is 0 Å². The molecule has 114 valence electrons. The Morgan fingerprint density at radius 3 is 2.59 bits per heavy atom. The van der Waals surface area contributed by atoms with Crippen molar-refractivity contribution in [3.8, 4) is 6.07 Å². The highest BCUT2D eigenvalue weighted by Crippen LogP contribution is 2.29. The molecule has 0 radical (unpaired) electrons. The molecule has 0 bridgehead atoms. The lowest BCUT2D eigenvalue weighted by atomic mass is 9.96. The molecule has 7 heteroatoms. The maximum absolute atomic E-state index is 9.13. The number of rotatable bonds is 2. The van der Waals surface area contributed by atoms with Gasteiger partial charge < -0.3 is 10.6 Å². The Morgan fingerprint density at radius 2 is 2.05 bits per heavy atom. The van der Waals surface area contributed by atoms with Crippen molar-refractivity contribution in [1.29, 1.82) is 5.26 Å². The first-order chi connectivity index (χ1) is 10.6. The van der Waals surface area contributed by atoms with Crippen LogP contribution in [0.15, 0.2) is 6.07 Å². The zero-order valence-electron chi connectivity index (χ0n) is 12.8. The van der Waals surface area contributed by atoms with E-state index in [-0.39, 0.29) is 0 Å². The molecule has 3 heterocycles. The molecule has 2 aromatic rings. The molecule has 7 nitrogen and oxygen atoms in total. The van der Waals surface area contributed by atoms with Gasteiger partial charge in [-0.1, -0.05) is 0 Å². The number of nitrogens with two attached hydrogens (primary N) is 1. The molecular weight excluding hydrogens is 278 g/mol. The highest BCUT2D eigenvalue weighted by Gasteiger charge is 2.24. The third kappa shape index (κ3) is 2.60. The van der Waals surface area contributed by atoms with Crippen LogP contribution in [0.1, 0.15) is 41.4 Å². The summed E-state index contributed by atoms with van der Waals surface area (Å²) in [5.41, 5.74) is 8.02. The number of pyridine rings is 1. The minimum absolute atomic E-state index is 0.303. The molecule has 0 amide bonds. The van der Waals surface area contributed by atoms with Gasteiger partial charge >= 0.3 is 0 Å². The van der Waals surface area contributed by atoms with Crippen molar-refractivity contribution in [2.45, 2.75) is 32.6 Å². The van der Waals surface area contributed by atoms with E-state index in [9.17, 15) is 0 Å². The molecule has 1 saturated heterocycles. The van der Waals surface area contributed by atoms with Crippen molar-refractivity contribution >= 4 is 11.8 Å². The van der Waals surface area contributed by atoms with E-state index >= 15 is 0 Å². The summed E-state index contributed by atoms with van der Waals surface area (Å²) < 4.78 is 0. The van der Waals surface area contributed by atoms with Gasteiger partial charge in [0.1, 0.15) is 17.7 Å². The van der Waals surface area contributed by atoms with E-state index in [2.05, 4.69) is 31.1 Å². The summed E-state index contributed by atoms with van der Waals surface area (Å²) >= 11 is 0. The molecule has 0 unspecified atom stereocenters. The second kappa shape index (κ2) is 5.64. The van der Waals surface area contributed by atoms with Gasteiger partial charge in [-0.05, 0) is 38.3 Å². The molecule has 1 fully saturated rings. The number of aromatic amines is 1. The van der Waals surface area contributed by atoms with Crippen LogP contribution in [0.5, 0.6) is 0 Å². The van der Waals surface area contributed by atoms with Crippen LogP contribution in [0.2, 0.25) is 0 Å². The fourth-order valence-electron chi connectivity index (χ4n) is 2.99. The molecule has 0 aromatic carbocycles. The molecule has 1 aliphatic heterocycles. The van der Waals surface area contributed by atoms with Crippen molar-refractivity contribution in [3.05, 3.63) is 28.7 Å². The molecule has 0 saturated carbocycles. The monoisotopic (exact) mass is 297 g/mol. The molecule has 0 aliphatic carbocycles. The van der Waals surface area contributed by atoms with Crippen molar-refractivity contribution < 1.29 is 0 Å². The number of piperidine rings is 1. The fraction of sp³-hybridized carbons (Fsp3) is 0.467. The van der Waals surface area contributed by atoms with E-state index in [1.165, 1.54) is 0 Å². The second-order valence-corrected chi connectivity index (χ2v) is 5.71. The lowest BCUT2D eigenvalue weighted by Gasteiger charge is -2.32. The molecule has 22 heavy (non-hydrogen) atoms. The normalized spacial score (nSPS) is 15.8. The molecule has 3 N–H and O–H groups in total. The topological polar surface area (TPSA) is 108 Å². The van der Waals surface area contributed by atoms with Gasteiger partial charge in [-0.2, -0.15) is 10.2 Å². The van der Waals surface area contributed by atoms with E-state index < -0.39 is 0 Å². The maximum atomic E-state index is 9.13. The third-order valence-electron chi connectivity index (χ3n) is 4.22. The number of nitrogens with one attached hydrogen (secondary N) is 1. The summed E-state index contributed by atoms with van der Waals surface area (Å²) in [4.78, 5) is 11.1. The van der Waals surface area contributed by atoms with E-state index in [1.54, 1.807) is 0 Å². The number of nitrogen functional groups attached to an aromatic ring is 1. The number of nitriles is 1.